The number of imidazole rings is 1. The summed E-state index contributed by atoms with van der Waals surface area (Å²) in [6.07, 6.45) is 3.34. The number of amides is 2. The second-order valence-electron chi connectivity index (χ2n) is 9.05. The minimum absolute atomic E-state index is 0.110. The predicted molar refractivity (Wildman–Crippen MR) is 151 cm³/mol. The zero-order chi connectivity index (χ0) is 27.2. The molecule has 0 saturated carbocycles. The van der Waals surface area contributed by atoms with Crippen LogP contribution in [-0.4, -0.2) is 49.4 Å². The maximum absolute atomic E-state index is 13.1. The highest BCUT2D eigenvalue weighted by atomic mass is 32.1. The van der Waals surface area contributed by atoms with E-state index in [2.05, 4.69) is 46.4 Å². The molecule has 0 aliphatic rings. The monoisotopic (exact) mass is 551 g/mol. The molecule has 5 heterocycles. The molecule has 5 aromatic heterocycles. The molecule has 5 N–H and O–H groups in total. The molecule has 0 unspecified atom stereocenters. The average molecular weight is 552 g/mol. The third-order valence-corrected chi connectivity index (χ3v) is 6.58. The highest BCUT2D eigenvalue weighted by Crippen LogP contribution is 2.28. The molecule has 0 saturated heterocycles. The molecule has 0 spiro atoms. The van der Waals surface area contributed by atoms with Gasteiger partial charge in [0.15, 0.2) is 16.4 Å². The summed E-state index contributed by atoms with van der Waals surface area (Å²) in [6, 6.07) is 7.11. The van der Waals surface area contributed by atoms with Crippen LogP contribution in [0.4, 0.5) is 5.13 Å². The van der Waals surface area contributed by atoms with E-state index in [1.54, 1.807) is 28.9 Å². The lowest BCUT2D eigenvalue weighted by Gasteiger charge is -2.08. The number of rotatable bonds is 7. The van der Waals surface area contributed by atoms with E-state index < -0.39 is 0 Å². The number of thiazole rings is 1. The summed E-state index contributed by atoms with van der Waals surface area (Å²) in [5.41, 5.74) is 9.35. The van der Waals surface area contributed by atoms with Crippen molar-refractivity contribution in [3.8, 4) is 11.3 Å². The molecule has 5 rings (SSSR count). The van der Waals surface area contributed by atoms with Crippen molar-refractivity contribution in [3.63, 3.8) is 0 Å². The Morgan fingerprint density at radius 3 is 2.66 bits per heavy atom. The largest absolute Gasteiger partial charge is 0.395 e. The van der Waals surface area contributed by atoms with Crippen molar-refractivity contribution in [1.82, 2.24) is 30.0 Å². The first kappa shape index (κ1) is 27.2. The summed E-state index contributed by atoms with van der Waals surface area (Å²) in [5, 5.41) is 18.9. The third-order valence-electron chi connectivity index (χ3n) is 5.07. The zero-order valence-electron chi connectivity index (χ0n) is 21.3. The Bertz CT molecular complexity index is 1560. The normalized spacial score (nSPS) is 11.0. The highest BCUT2D eigenvalue weighted by molar-refractivity contribution is 7.22. The molecule has 0 aliphatic carbocycles. The minimum Gasteiger partial charge on any atom is -0.395 e. The van der Waals surface area contributed by atoms with Crippen LogP contribution in [0, 0.1) is 5.92 Å². The Hall–Kier alpha value is -3.87. The van der Waals surface area contributed by atoms with Crippen LogP contribution in [0.5, 0.6) is 0 Å². The number of carbonyl (C=O) groups is 2. The molecule has 0 aromatic carbocycles. The van der Waals surface area contributed by atoms with E-state index in [1.807, 2.05) is 22.9 Å². The fourth-order valence-electron chi connectivity index (χ4n) is 3.57. The lowest BCUT2D eigenvalue weighted by Crippen LogP contribution is -2.28. The molecule has 0 bridgehead atoms. The van der Waals surface area contributed by atoms with Gasteiger partial charge in [-0.05, 0) is 41.1 Å². The van der Waals surface area contributed by atoms with Crippen LogP contribution in [0.15, 0.2) is 47.4 Å². The van der Waals surface area contributed by atoms with E-state index in [1.165, 1.54) is 22.7 Å². The summed E-state index contributed by atoms with van der Waals surface area (Å²) in [6.45, 7) is 6.68. The molecular weight excluding hydrogens is 522 g/mol. The molecule has 12 heteroatoms. The van der Waals surface area contributed by atoms with Crippen molar-refractivity contribution in [3.05, 3.63) is 64.2 Å². The van der Waals surface area contributed by atoms with E-state index in [9.17, 15) is 9.59 Å². The van der Waals surface area contributed by atoms with Crippen LogP contribution in [0.1, 0.15) is 47.2 Å². The quantitative estimate of drug-likeness (QED) is 0.239. The number of carbonyl (C=O) groups excluding carboxylic acids is 2. The van der Waals surface area contributed by atoms with Gasteiger partial charge in [-0.2, -0.15) is 11.3 Å². The van der Waals surface area contributed by atoms with Crippen LogP contribution in [0.3, 0.4) is 0 Å². The number of fused-ring (bicyclic) bond motifs is 2. The van der Waals surface area contributed by atoms with Gasteiger partial charge in [-0.3, -0.25) is 14.0 Å². The average Bonchev–Trinajstić information content (AvgIpc) is 3.62. The number of nitrogens with zero attached hydrogens (tertiary/aromatic N) is 4. The molecule has 2 amide bonds. The number of hydrogen-bond acceptors (Lipinski definition) is 9. The van der Waals surface area contributed by atoms with Gasteiger partial charge in [0.1, 0.15) is 11.4 Å². The summed E-state index contributed by atoms with van der Waals surface area (Å²) in [5.74, 6) is 0.113. The van der Waals surface area contributed by atoms with Crippen molar-refractivity contribution in [2.75, 3.05) is 18.9 Å². The van der Waals surface area contributed by atoms with Crippen LogP contribution >= 0.6 is 22.7 Å². The number of nitrogens with two attached hydrogens (primary N) is 1. The molecule has 0 radical (unpaired) electrons. The molecule has 10 nitrogen and oxygen atoms in total. The second-order valence-corrected chi connectivity index (χ2v) is 10.9. The smallest absolute Gasteiger partial charge is 0.270 e. The molecular formula is C26H29N7O3S2. The van der Waals surface area contributed by atoms with E-state index in [4.69, 9.17) is 10.8 Å². The number of aromatic nitrogens is 4. The first-order valence-corrected chi connectivity index (χ1v) is 13.8. The van der Waals surface area contributed by atoms with Crippen LogP contribution < -0.4 is 16.4 Å². The number of aliphatic hydroxyl groups excluding tert-OH is 1. The number of pyridine rings is 2. The Morgan fingerprint density at radius 1 is 1.16 bits per heavy atom. The minimum atomic E-state index is -0.386. The standard InChI is InChI=1S/C22H19N7O3S2.C4H10/c23-22-28-18-15(34-22)8-12(9-25-18)10-26-20(31)14-2-1-5-29-17(21(32)24-4-6-30)16(27-19(14)29)13-3-7-33-11-13;1-4(2)3/h1-3,5,7-9,11,30H,4,6,10H2,(H,24,32)(H,26,31)(H2,23,25,28);4H,1-3H3. The summed E-state index contributed by atoms with van der Waals surface area (Å²) >= 11 is 2.82. The fourth-order valence-corrected chi connectivity index (χ4v) is 4.96. The first-order valence-electron chi connectivity index (χ1n) is 12.0. The number of anilines is 1. The Kier molecular flexibility index (Phi) is 8.66. The molecule has 0 aliphatic heterocycles. The SMILES string of the molecule is CC(C)C.Nc1nc2ncc(CNC(=O)c3cccn4c(C(=O)NCCO)c(-c5ccsc5)nc34)cc2s1. The van der Waals surface area contributed by atoms with Gasteiger partial charge < -0.3 is 21.5 Å². The predicted octanol–water partition coefficient (Wildman–Crippen LogP) is 3.96. The maximum Gasteiger partial charge on any atom is 0.270 e. The van der Waals surface area contributed by atoms with Crippen molar-refractivity contribution < 1.29 is 14.7 Å². The molecule has 198 valence electrons. The van der Waals surface area contributed by atoms with Gasteiger partial charge in [0.05, 0.1) is 16.9 Å². The van der Waals surface area contributed by atoms with Crippen molar-refractivity contribution in [2.24, 2.45) is 5.92 Å². The van der Waals surface area contributed by atoms with Gasteiger partial charge in [0.25, 0.3) is 11.8 Å². The molecule has 0 fully saturated rings. The van der Waals surface area contributed by atoms with Gasteiger partial charge in [-0.15, -0.1) is 0 Å². The van der Waals surface area contributed by atoms with Gasteiger partial charge in [-0.1, -0.05) is 32.1 Å². The number of nitrogen functional groups attached to an aromatic ring is 1. The van der Waals surface area contributed by atoms with Gasteiger partial charge in [-0.25, -0.2) is 15.0 Å². The number of hydrogen-bond donors (Lipinski definition) is 4. The summed E-state index contributed by atoms with van der Waals surface area (Å²) in [7, 11) is 0. The zero-order valence-corrected chi connectivity index (χ0v) is 22.9. The second kappa shape index (κ2) is 12.1. The van der Waals surface area contributed by atoms with E-state index >= 15 is 0 Å². The lowest BCUT2D eigenvalue weighted by molar-refractivity contribution is 0.0934. The van der Waals surface area contributed by atoms with Crippen molar-refractivity contribution in [1.29, 1.82) is 0 Å². The molecule has 0 atom stereocenters. The van der Waals surface area contributed by atoms with Gasteiger partial charge in [0.2, 0.25) is 0 Å². The summed E-state index contributed by atoms with van der Waals surface area (Å²) in [4.78, 5) is 39.1. The van der Waals surface area contributed by atoms with E-state index in [-0.39, 0.29) is 31.5 Å². The van der Waals surface area contributed by atoms with Crippen LogP contribution in [-0.2, 0) is 6.54 Å². The number of aliphatic hydroxyl groups is 1. The van der Waals surface area contributed by atoms with Crippen molar-refractivity contribution >= 4 is 55.6 Å². The van der Waals surface area contributed by atoms with Crippen LogP contribution in [0.25, 0.3) is 27.3 Å². The van der Waals surface area contributed by atoms with Gasteiger partial charge >= 0.3 is 0 Å². The Morgan fingerprint density at radius 2 is 1.95 bits per heavy atom. The molecule has 38 heavy (non-hydrogen) atoms. The van der Waals surface area contributed by atoms with Crippen LogP contribution in [0.2, 0.25) is 0 Å². The maximum atomic E-state index is 13.1. The van der Waals surface area contributed by atoms with Gasteiger partial charge in [0, 0.05) is 36.4 Å². The lowest BCUT2D eigenvalue weighted by atomic mass is 10.2. The Balaban J connectivity index is 0.000000786. The van der Waals surface area contributed by atoms with E-state index in [0.717, 1.165) is 21.7 Å². The Labute approximate surface area is 227 Å². The third kappa shape index (κ3) is 6.15. The summed E-state index contributed by atoms with van der Waals surface area (Å²) < 4.78 is 2.45. The highest BCUT2D eigenvalue weighted by Gasteiger charge is 2.23. The fraction of sp³-hybridized carbons (Fsp3) is 0.269. The topological polar surface area (TPSA) is 148 Å². The molecule has 5 aromatic rings. The number of thiophene rings is 1. The first-order chi connectivity index (χ1) is 18.3. The van der Waals surface area contributed by atoms with Crippen molar-refractivity contribution in [2.45, 2.75) is 27.3 Å². The van der Waals surface area contributed by atoms with E-state index in [0.29, 0.717) is 33.4 Å². The number of nitrogens with one attached hydrogen (secondary N) is 2.